The van der Waals surface area contributed by atoms with Gasteiger partial charge >= 0.3 is 0 Å². The Labute approximate surface area is 84.9 Å². The molecule has 0 saturated heterocycles. The van der Waals surface area contributed by atoms with E-state index in [0.29, 0.717) is 5.41 Å². The fourth-order valence-electron chi connectivity index (χ4n) is 3.00. The van der Waals surface area contributed by atoms with Crippen molar-refractivity contribution in [2.75, 3.05) is 6.54 Å². The van der Waals surface area contributed by atoms with E-state index in [2.05, 4.69) is 36.2 Å². The molecule has 1 aromatic carbocycles. The molecule has 0 saturated carbocycles. The van der Waals surface area contributed by atoms with Gasteiger partial charge in [0.15, 0.2) is 0 Å². The molecule has 0 fully saturated rings. The maximum atomic E-state index is 4.59. The summed E-state index contributed by atoms with van der Waals surface area (Å²) in [5.74, 6) is 0. The minimum Gasteiger partial charge on any atom is -0.293 e. The van der Waals surface area contributed by atoms with E-state index in [0.717, 1.165) is 6.54 Å². The summed E-state index contributed by atoms with van der Waals surface area (Å²) in [6.45, 7) is 3.19. The number of rotatable bonds is 0. The molecule has 0 bridgehead atoms. The lowest BCUT2D eigenvalue weighted by atomic mass is 9.80. The summed E-state index contributed by atoms with van der Waals surface area (Å²) in [6.07, 6.45) is 3.73. The maximum absolute atomic E-state index is 4.59. The van der Waals surface area contributed by atoms with E-state index in [1.54, 1.807) is 11.1 Å². The van der Waals surface area contributed by atoms with E-state index in [-0.39, 0.29) is 0 Å². The Morgan fingerprint density at radius 3 is 2.93 bits per heavy atom. The van der Waals surface area contributed by atoms with Gasteiger partial charge in [0.1, 0.15) is 0 Å². The molecule has 0 amide bonds. The van der Waals surface area contributed by atoms with E-state index >= 15 is 0 Å². The summed E-state index contributed by atoms with van der Waals surface area (Å²) >= 11 is 0. The quantitative estimate of drug-likeness (QED) is 0.589. The van der Waals surface area contributed by atoms with Gasteiger partial charge in [0.25, 0.3) is 0 Å². The van der Waals surface area contributed by atoms with Crippen LogP contribution in [-0.2, 0) is 11.8 Å². The van der Waals surface area contributed by atoms with Crippen LogP contribution in [0, 0.1) is 0 Å². The Bertz CT molecular complexity index is 405. The van der Waals surface area contributed by atoms with Crippen molar-refractivity contribution in [2.24, 2.45) is 4.99 Å². The fourth-order valence-corrected chi connectivity index (χ4v) is 3.00. The van der Waals surface area contributed by atoms with E-state index in [1.807, 2.05) is 0 Å². The monoisotopic (exact) mass is 185 g/mol. The van der Waals surface area contributed by atoms with Crippen LogP contribution in [0.3, 0.4) is 0 Å². The summed E-state index contributed by atoms with van der Waals surface area (Å²) in [5, 5.41) is 0. The van der Waals surface area contributed by atoms with Gasteiger partial charge in [0.2, 0.25) is 0 Å². The molecule has 0 N–H and O–H groups in total. The van der Waals surface area contributed by atoms with Gasteiger partial charge in [0.05, 0.1) is 0 Å². The molecule has 72 valence electrons. The third kappa shape index (κ3) is 0.985. The summed E-state index contributed by atoms with van der Waals surface area (Å²) in [7, 11) is 0. The number of aryl methyl sites for hydroxylation is 1. The first-order valence-electron chi connectivity index (χ1n) is 5.38. The van der Waals surface area contributed by atoms with Crippen molar-refractivity contribution in [1.29, 1.82) is 0 Å². The van der Waals surface area contributed by atoms with Gasteiger partial charge in [-0.1, -0.05) is 24.3 Å². The van der Waals surface area contributed by atoms with Crippen LogP contribution < -0.4 is 0 Å². The molecule has 1 aromatic rings. The second kappa shape index (κ2) is 2.69. The predicted molar refractivity (Wildman–Crippen MR) is 59.0 cm³/mol. The van der Waals surface area contributed by atoms with Gasteiger partial charge in [-0.15, -0.1) is 0 Å². The smallest absolute Gasteiger partial charge is 0.0489 e. The average Bonchev–Trinajstić information content (AvgIpc) is 2.75. The van der Waals surface area contributed by atoms with Crippen LogP contribution in [0.5, 0.6) is 0 Å². The topological polar surface area (TPSA) is 12.4 Å². The Morgan fingerprint density at radius 2 is 2.14 bits per heavy atom. The molecule has 0 unspecified atom stereocenters. The summed E-state index contributed by atoms with van der Waals surface area (Å²) in [6, 6.07) is 8.90. The van der Waals surface area contributed by atoms with Crippen molar-refractivity contribution in [3.05, 3.63) is 35.4 Å². The van der Waals surface area contributed by atoms with Crippen LogP contribution in [0.4, 0.5) is 0 Å². The highest BCUT2D eigenvalue weighted by atomic mass is 14.8. The predicted octanol–water partition coefficient (Wildman–Crippen LogP) is 2.74. The Kier molecular flexibility index (Phi) is 1.58. The maximum Gasteiger partial charge on any atom is 0.0489 e. The van der Waals surface area contributed by atoms with E-state index in [1.165, 1.54) is 25.0 Å². The van der Waals surface area contributed by atoms with Crippen molar-refractivity contribution >= 4 is 5.71 Å². The SMILES string of the molecule is CC1=NC[C@]2(CCc3ccccc32)C1. The molecular weight excluding hydrogens is 170 g/mol. The van der Waals surface area contributed by atoms with E-state index in [9.17, 15) is 0 Å². The first kappa shape index (κ1) is 8.22. The first-order chi connectivity index (χ1) is 6.80. The molecule has 1 heterocycles. The van der Waals surface area contributed by atoms with Gasteiger partial charge in [0, 0.05) is 17.7 Å². The zero-order valence-corrected chi connectivity index (χ0v) is 8.59. The lowest BCUT2D eigenvalue weighted by Gasteiger charge is -2.23. The first-order valence-corrected chi connectivity index (χ1v) is 5.38. The van der Waals surface area contributed by atoms with Gasteiger partial charge in [-0.25, -0.2) is 0 Å². The minimum atomic E-state index is 0.390. The molecule has 1 spiro atoms. The number of hydrogen-bond acceptors (Lipinski definition) is 1. The summed E-state index contributed by atoms with van der Waals surface area (Å²) in [5.41, 5.74) is 4.85. The second-order valence-corrected chi connectivity index (χ2v) is 4.67. The molecule has 3 rings (SSSR count). The van der Waals surface area contributed by atoms with E-state index < -0.39 is 0 Å². The normalized spacial score (nSPS) is 29.4. The minimum absolute atomic E-state index is 0.390. The van der Waals surface area contributed by atoms with Crippen molar-refractivity contribution in [1.82, 2.24) is 0 Å². The van der Waals surface area contributed by atoms with Crippen LogP contribution in [0.25, 0.3) is 0 Å². The van der Waals surface area contributed by atoms with Crippen LogP contribution >= 0.6 is 0 Å². The molecular formula is C13H15N. The lowest BCUT2D eigenvalue weighted by Crippen LogP contribution is -2.23. The summed E-state index contributed by atoms with van der Waals surface area (Å²) in [4.78, 5) is 4.59. The highest BCUT2D eigenvalue weighted by Crippen LogP contribution is 2.44. The highest BCUT2D eigenvalue weighted by Gasteiger charge is 2.41. The molecule has 1 heteroatoms. The van der Waals surface area contributed by atoms with Crippen molar-refractivity contribution in [3.63, 3.8) is 0 Å². The largest absolute Gasteiger partial charge is 0.293 e. The Hall–Kier alpha value is -1.11. The molecule has 0 aromatic heterocycles. The number of aliphatic imine (C=N–C) groups is 1. The van der Waals surface area contributed by atoms with Gasteiger partial charge in [-0.2, -0.15) is 0 Å². The molecule has 1 aliphatic carbocycles. The molecule has 0 radical (unpaired) electrons. The van der Waals surface area contributed by atoms with Crippen molar-refractivity contribution in [3.8, 4) is 0 Å². The van der Waals surface area contributed by atoms with Gasteiger partial charge < -0.3 is 0 Å². The van der Waals surface area contributed by atoms with Gasteiger partial charge in [-0.05, 0) is 37.3 Å². The molecule has 2 aliphatic rings. The van der Waals surface area contributed by atoms with Gasteiger partial charge in [-0.3, -0.25) is 4.99 Å². The number of nitrogens with zero attached hydrogens (tertiary/aromatic N) is 1. The molecule has 1 aliphatic heterocycles. The standard InChI is InChI=1S/C13H15N/c1-10-8-13(9-14-10)7-6-11-4-2-3-5-12(11)13/h2-5H,6-9H2,1H3/t13-/m0/s1. The van der Waals surface area contributed by atoms with Crippen LogP contribution in [-0.4, -0.2) is 12.3 Å². The third-order valence-corrected chi connectivity index (χ3v) is 3.71. The second-order valence-electron chi connectivity index (χ2n) is 4.67. The highest BCUT2D eigenvalue weighted by molar-refractivity contribution is 5.85. The Balaban J connectivity index is 2.06. The Morgan fingerprint density at radius 1 is 1.29 bits per heavy atom. The summed E-state index contributed by atoms with van der Waals surface area (Å²) < 4.78 is 0. The van der Waals surface area contributed by atoms with Crippen molar-refractivity contribution < 1.29 is 0 Å². The average molecular weight is 185 g/mol. The molecule has 1 nitrogen and oxygen atoms in total. The lowest BCUT2D eigenvalue weighted by molar-refractivity contribution is 0.477. The van der Waals surface area contributed by atoms with Crippen LogP contribution in [0.2, 0.25) is 0 Å². The van der Waals surface area contributed by atoms with Crippen molar-refractivity contribution in [2.45, 2.75) is 31.6 Å². The number of fused-ring (bicyclic) bond motifs is 2. The number of hydrogen-bond donors (Lipinski definition) is 0. The van der Waals surface area contributed by atoms with Crippen LogP contribution in [0.1, 0.15) is 30.9 Å². The van der Waals surface area contributed by atoms with Crippen LogP contribution in [0.15, 0.2) is 29.3 Å². The van der Waals surface area contributed by atoms with E-state index in [4.69, 9.17) is 0 Å². The molecule has 1 atom stereocenters. The third-order valence-electron chi connectivity index (χ3n) is 3.71. The zero-order valence-electron chi connectivity index (χ0n) is 8.59. The number of benzene rings is 1. The fraction of sp³-hybridized carbons (Fsp3) is 0.462. The zero-order chi connectivity index (χ0) is 9.60. The molecule has 14 heavy (non-hydrogen) atoms.